The number of ether oxygens (including phenoxy) is 3. The summed E-state index contributed by atoms with van der Waals surface area (Å²) < 4.78 is 50.4. The Morgan fingerprint density at radius 3 is 1.70 bits per heavy atom. The molecule has 1 aromatic rings. The Labute approximate surface area is 268 Å². The van der Waals surface area contributed by atoms with E-state index in [9.17, 15) is 17.8 Å². The molecule has 1 aromatic heterocycles. The summed E-state index contributed by atoms with van der Waals surface area (Å²) in [5.74, 6) is -0.631. The van der Waals surface area contributed by atoms with Gasteiger partial charge in [-0.2, -0.15) is 8.42 Å². The van der Waals surface area contributed by atoms with E-state index in [4.69, 9.17) is 14.2 Å². The van der Waals surface area contributed by atoms with Crippen molar-refractivity contribution in [3.05, 3.63) is 42.7 Å². The highest BCUT2D eigenvalue weighted by molar-refractivity contribution is 7.85. The number of aromatic nitrogens is 1. The number of hydrogen-bond donors (Lipinski definition) is 1. The second-order valence-electron chi connectivity index (χ2n) is 12.0. The third-order valence-electron chi connectivity index (χ3n) is 7.82. The van der Waals surface area contributed by atoms with Crippen LogP contribution in [0.4, 0.5) is 4.79 Å². The van der Waals surface area contributed by atoms with Crippen LogP contribution in [0.25, 0.3) is 0 Å². The molecule has 0 aliphatic rings. The molecule has 1 heterocycles. The van der Waals surface area contributed by atoms with Gasteiger partial charge in [0.25, 0.3) is 10.1 Å². The highest BCUT2D eigenvalue weighted by Crippen LogP contribution is 2.14. The van der Waals surface area contributed by atoms with Gasteiger partial charge in [0.1, 0.15) is 18.9 Å². The summed E-state index contributed by atoms with van der Waals surface area (Å²) in [4.78, 5) is 12.0. The first-order valence-electron chi connectivity index (χ1n) is 17.3. The molecule has 0 spiro atoms. The normalized spacial score (nSPS) is 12.2. The number of rotatable bonds is 30. The van der Waals surface area contributed by atoms with Crippen molar-refractivity contribution in [2.45, 2.75) is 148 Å². The Bertz CT molecular complexity index is 940. The summed E-state index contributed by atoms with van der Waals surface area (Å²) in [6, 6.07) is 5.99. The van der Waals surface area contributed by atoms with Crippen molar-refractivity contribution in [2.75, 3.05) is 25.6 Å². The molecule has 0 radical (unpaired) electrons. The predicted molar refractivity (Wildman–Crippen MR) is 177 cm³/mol. The topological polar surface area (TPSA) is 103 Å². The predicted octanol–water partition coefficient (Wildman–Crippen LogP) is 8.78. The zero-order chi connectivity index (χ0) is 32.1. The maximum atomic E-state index is 12.0. The molecule has 1 unspecified atom stereocenters. The van der Waals surface area contributed by atoms with Crippen LogP contribution in [-0.4, -0.2) is 50.8 Å². The van der Waals surface area contributed by atoms with E-state index >= 15 is 0 Å². The molecule has 9 heteroatoms. The maximum Gasteiger partial charge on any atom is 0.508 e. The van der Waals surface area contributed by atoms with Gasteiger partial charge in [0.15, 0.2) is 12.4 Å². The number of pyridine rings is 1. The summed E-state index contributed by atoms with van der Waals surface area (Å²) in [6.07, 6.45) is 26.5. The van der Waals surface area contributed by atoms with E-state index in [1.807, 2.05) is 30.6 Å². The van der Waals surface area contributed by atoms with Crippen molar-refractivity contribution in [3.8, 4) is 0 Å². The number of carbonyl (C=O) groups is 1. The molecule has 1 rings (SSSR count). The molecule has 254 valence electrons. The zero-order valence-electron chi connectivity index (χ0n) is 27.6. The number of hydrogen-bond acceptors (Lipinski definition) is 6. The molecule has 0 saturated carbocycles. The van der Waals surface area contributed by atoms with Gasteiger partial charge in [0.05, 0.1) is 12.7 Å². The van der Waals surface area contributed by atoms with Crippen LogP contribution >= 0.6 is 0 Å². The van der Waals surface area contributed by atoms with Crippen LogP contribution < -0.4 is 4.57 Å². The molecule has 44 heavy (non-hydrogen) atoms. The van der Waals surface area contributed by atoms with Gasteiger partial charge >= 0.3 is 6.16 Å². The first-order valence-corrected chi connectivity index (χ1v) is 18.9. The molecular weight excluding hydrogens is 578 g/mol. The van der Waals surface area contributed by atoms with E-state index in [-0.39, 0.29) is 18.8 Å². The van der Waals surface area contributed by atoms with Crippen LogP contribution in [0.2, 0.25) is 0 Å². The minimum atomic E-state index is -4.29. The van der Waals surface area contributed by atoms with Crippen LogP contribution in [0.1, 0.15) is 135 Å². The quantitative estimate of drug-likeness (QED) is 0.0295. The highest BCUT2D eigenvalue weighted by Gasteiger charge is 2.22. The Morgan fingerprint density at radius 2 is 1.18 bits per heavy atom. The Hall–Kier alpha value is -1.97. The van der Waals surface area contributed by atoms with Crippen LogP contribution in [0.5, 0.6) is 0 Å². The molecule has 1 atom stereocenters. The van der Waals surface area contributed by atoms with E-state index < -0.39 is 28.1 Å². The minimum absolute atomic E-state index is 0.230. The minimum Gasteiger partial charge on any atom is -0.434 e. The summed E-state index contributed by atoms with van der Waals surface area (Å²) in [7, 11) is -4.29. The first kappa shape index (κ1) is 40.1. The first-order chi connectivity index (χ1) is 21.3. The van der Waals surface area contributed by atoms with Gasteiger partial charge in [-0.1, -0.05) is 122 Å². The molecule has 8 nitrogen and oxygen atoms in total. The van der Waals surface area contributed by atoms with E-state index in [0.29, 0.717) is 6.61 Å². The van der Waals surface area contributed by atoms with Crippen LogP contribution in [0, 0.1) is 0 Å². The average Bonchev–Trinajstić information content (AvgIpc) is 3.00. The van der Waals surface area contributed by atoms with Crippen molar-refractivity contribution in [1.29, 1.82) is 0 Å². The van der Waals surface area contributed by atoms with Crippen molar-refractivity contribution >= 4 is 16.3 Å². The van der Waals surface area contributed by atoms with Crippen LogP contribution in [-0.2, 0) is 30.9 Å². The summed E-state index contributed by atoms with van der Waals surface area (Å²) in [6.45, 7) is 7.40. The van der Waals surface area contributed by atoms with Gasteiger partial charge < -0.3 is 14.2 Å². The van der Waals surface area contributed by atoms with E-state index in [1.54, 1.807) is 0 Å². The highest BCUT2D eigenvalue weighted by atomic mass is 32.2. The SMILES string of the molecule is C=C(COC(=O)OCCCCCCCCCCCCCCCCCC)C(CS(=O)(=O)O)OCCCCCC[n+]1ccccc1. The zero-order valence-corrected chi connectivity index (χ0v) is 28.4. The third-order valence-corrected chi connectivity index (χ3v) is 8.54. The average molecular weight is 641 g/mol. The lowest BCUT2D eigenvalue weighted by atomic mass is 10.0. The standard InChI is InChI=1S/C35H61NO7S/c1-3-4-5-6-7-8-9-10-11-12-13-14-15-16-18-25-30-42-35(37)43-31-33(2)34(32-44(38,39)40)41-29-24-19-17-21-26-36-27-22-20-23-28-36/h20,22-23,27-28,34H,2-19,21,24-26,29-32H2,1H3/p+1. The van der Waals surface area contributed by atoms with Gasteiger partial charge in [-0.25, -0.2) is 9.36 Å². The number of carbonyl (C=O) groups excluding carboxylic acids is 1. The van der Waals surface area contributed by atoms with Gasteiger partial charge in [-0.3, -0.25) is 4.55 Å². The Kier molecular flexibility index (Phi) is 24.9. The van der Waals surface area contributed by atoms with Gasteiger partial charge in [-0.15, -0.1) is 0 Å². The van der Waals surface area contributed by atoms with Crippen molar-refractivity contribution in [2.24, 2.45) is 0 Å². The summed E-state index contributed by atoms with van der Waals surface area (Å²) in [5.41, 5.74) is 0.266. The second-order valence-corrected chi connectivity index (χ2v) is 13.5. The largest absolute Gasteiger partial charge is 0.508 e. The molecule has 0 aromatic carbocycles. The molecule has 0 fully saturated rings. The second kappa shape index (κ2) is 27.3. The lowest BCUT2D eigenvalue weighted by molar-refractivity contribution is -0.697. The summed E-state index contributed by atoms with van der Waals surface area (Å²) >= 11 is 0. The van der Waals surface area contributed by atoms with Gasteiger partial charge in [-0.05, 0) is 24.8 Å². The number of aryl methyl sites for hydroxylation is 1. The van der Waals surface area contributed by atoms with Crippen molar-refractivity contribution < 1.29 is 36.5 Å². The van der Waals surface area contributed by atoms with Gasteiger partial charge in [0.2, 0.25) is 0 Å². The number of nitrogens with zero attached hydrogens (tertiary/aromatic N) is 1. The monoisotopic (exact) mass is 640 g/mol. The van der Waals surface area contributed by atoms with E-state index in [0.717, 1.165) is 51.5 Å². The van der Waals surface area contributed by atoms with Crippen molar-refractivity contribution in [3.63, 3.8) is 0 Å². The molecule has 0 bridgehead atoms. The third kappa shape index (κ3) is 25.4. The lowest BCUT2D eigenvalue weighted by Crippen LogP contribution is -2.32. The van der Waals surface area contributed by atoms with Crippen LogP contribution in [0.15, 0.2) is 42.7 Å². The Balaban J connectivity index is 2.03. The van der Waals surface area contributed by atoms with E-state index in [2.05, 4.69) is 18.1 Å². The fourth-order valence-corrected chi connectivity index (χ4v) is 5.84. The molecule has 0 aliphatic carbocycles. The smallest absolute Gasteiger partial charge is 0.434 e. The fraction of sp³-hybridized carbons (Fsp3) is 0.771. The summed E-state index contributed by atoms with van der Waals surface area (Å²) in [5, 5.41) is 0. The Morgan fingerprint density at radius 1 is 0.705 bits per heavy atom. The molecule has 1 N–H and O–H groups in total. The van der Waals surface area contributed by atoms with E-state index in [1.165, 1.54) is 83.5 Å². The van der Waals surface area contributed by atoms with Crippen molar-refractivity contribution in [1.82, 2.24) is 0 Å². The molecule has 0 amide bonds. The number of unbranched alkanes of at least 4 members (excludes halogenated alkanes) is 18. The molecular formula is C35H62NO7S+. The molecule has 0 saturated heterocycles. The fourth-order valence-electron chi connectivity index (χ4n) is 5.13. The maximum absolute atomic E-state index is 12.0. The molecule has 0 aliphatic heterocycles. The lowest BCUT2D eigenvalue weighted by Gasteiger charge is -2.19. The van der Waals surface area contributed by atoms with Crippen LogP contribution in [0.3, 0.4) is 0 Å². The van der Waals surface area contributed by atoms with Gasteiger partial charge in [0, 0.05) is 25.2 Å².